The zero-order valence-corrected chi connectivity index (χ0v) is 23.3. The molecule has 41 heavy (non-hydrogen) atoms. The van der Waals surface area contributed by atoms with Crippen molar-refractivity contribution in [1.29, 1.82) is 0 Å². The molecule has 0 saturated carbocycles. The normalized spacial score (nSPS) is 29.5. The summed E-state index contributed by atoms with van der Waals surface area (Å²) < 4.78 is 33.3. The molecule has 0 radical (unpaired) electrons. The summed E-state index contributed by atoms with van der Waals surface area (Å²) in [6.45, 7) is -1.02. The van der Waals surface area contributed by atoms with Crippen molar-refractivity contribution in [2.45, 2.75) is 43.0 Å². The lowest BCUT2D eigenvalue weighted by Crippen LogP contribution is -2.59. The highest BCUT2D eigenvalue weighted by Crippen LogP contribution is 2.54. The van der Waals surface area contributed by atoms with Crippen molar-refractivity contribution >= 4 is 0 Å². The van der Waals surface area contributed by atoms with E-state index in [0.717, 1.165) is 5.56 Å². The minimum absolute atomic E-state index is 0.123. The number of fused-ring (bicyclic) bond motifs is 1. The summed E-state index contributed by atoms with van der Waals surface area (Å²) >= 11 is 0. The Bertz CT molecular complexity index is 1180. The van der Waals surface area contributed by atoms with Crippen LogP contribution in [0.4, 0.5) is 0 Å². The van der Waals surface area contributed by atoms with Gasteiger partial charge in [-0.1, -0.05) is 0 Å². The molecule has 7 N–H and O–H groups in total. The number of rotatable bonds is 10. The Hall–Kier alpha value is -3.04. The van der Waals surface area contributed by atoms with Gasteiger partial charge in [0.05, 0.1) is 41.7 Å². The quantitative estimate of drug-likeness (QED) is 0.196. The van der Waals surface area contributed by atoms with Gasteiger partial charge in [-0.05, 0) is 47.6 Å². The first-order valence-corrected chi connectivity index (χ1v) is 13.1. The van der Waals surface area contributed by atoms with E-state index in [2.05, 4.69) is 0 Å². The van der Waals surface area contributed by atoms with Crippen LogP contribution in [0.25, 0.3) is 0 Å². The van der Waals surface area contributed by atoms with Crippen molar-refractivity contribution in [1.82, 2.24) is 0 Å². The Balaban J connectivity index is 1.85. The smallest absolute Gasteiger partial charge is 0.201 e. The van der Waals surface area contributed by atoms with Crippen LogP contribution < -0.4 is 18.9 Å². The lowest BCUT2D eigenvalue weighted by atomic mass is 9.66. The summed E-state index contributed by atoms with van der Waals surface area (Å²) in [6, 6.07) is 4.88. The first kappa shape index (κ1) is 30.9. The molecular formula is C28H38O13. The van der Waals surface area contributed by atoms with E-state index in [1.54, 1.807) is 18.2 Å². The lowest BCUT2D eigenvalue weighted by Gasteiger charge is -2.43. The Morgan fingerprint density at radius 3 is 1.93 bits per heavy atom. The van der Waals surface area contributed by atoms with Crippen LogP contribution in [0.15, 0.2) is 18.2 Å². The van der Waals surface area contributed by atoms with E-state index < -0.39 is 55.1 Å². The number of phenols is 2. The van der Waals surface area contributed by atoms with Crippen molar-refractivity contribution in [3.05, 3.63) is 34.9 Å². The number of ether oxygens (including phenoxy) is 6. The highest BCUT2D eigenvalue weighted by Gasteiger charge is 2.46. The maximum Gasteiger partial charge on any atom is 0.201 e. The zero-order valence-electron chi connectivity index (χ0n) is 23.3. The van der Waals surface area contributed by atoms with E-state index in [4.69, 9.17) is 28.4 Å². The molecule has 1 unspecified atom stereocenters. The molecule has 0 amide bonds. The van der Waals surface area contributed by atoms with E-state index in [-0.39, 0.29) is 47.7 Å². The van der Waals surface area contributed by atoms with E-state index in [9.17, 15) is 35.7 Å². The average Bonchev–Trinajstić information content (AvgIpc) is 2.98. The fourth-order valence-electron chi connectivity index (χ4n) is 5.83. The topological polar surface area (TPSA) is 197 Å². The van der Waals surface area contributed by atoms with Crippen LogP contribution in [0.1, 0.15) is 22.6 Å². The van der Waals surface area contributed by atoms with E-state index in [1.807, 2.05) is 0 Å². The Morgan fingerprint density at radius 1 is 0.780 bits per heavy atom. The van der Waals surface area contributed by atoms with Gasteiger partial charge in [0.2, 0.25) is 11.5 Å². The van der Waals surface area contributed by atoms with Gasteiger partial charge in [0, 0.05) is 18.1 Å². The van der Waals surface area contributed by atoms with Gasteiger partial charge < -0.3 is 64.2 Å². The van der Waals surface area contributed by atoms with E-state index >= 15 is 0 Å². The third kappa shape index (κ3) is 5.58. The molecule has 1 fully saturated rings. The van der Waals surface area contributed by atoms with Gasteiger partial charge in [0.15, 0.2) is 29.3 Å². The molecule has 2 aliphatic rings. The Labute approximate surface area is 237 Å². The number of methoxy groups -OCH3 is 4. The number of hydrogen-bond donors (Lipinski definition) is 7. The Morgan fingerprint density at radius 2 is 1.39 bits per heavy atom. The molecule has 228 valence electrons. The standard InChI is InChI=1S/C28H38O13/c1-36-16-7-13(8-17(37-2)22(16)31)20-15(11-40-28-26(35)25(34)23(32)19(10-30)41-28)14(9-29)5-12-6-18(38-3)24(33)27(39-4)21(12)20/h6-8,14-15,19-20,23,25-26,28-35H,5,9-11H2,1-4H3/t14-,15-,19+,20?,23+,25-,26+,28+/m0/s1. The van der Waals surface area contributed by atoms with Crippen LogP contribution >= 0.6 is 0 Å². The van der Waals surface area contributed by atoms with Gasteiger partial charge in [-0.3, -0.25) is 0 Å². The van der Waals surface area contributed by atoms with Crippen LogP contribution in [0.3, 0.4) is 0 Å². The third-order valence-electron chi connectivity index (χ3n) is 7.99. The molecule has 8 atom stereocenters. The van der Waals surface area contributed by atoms with Crippen LogP contribution in [-0.2, 0) is 15.9 Å². The number of phenolic OH excluding ortho intramolecular Hbond substituents is 2. The molecule has 13 heteroatoms. The average molecular weight is 583 g/mol. The van der Waals surface area contributed by atoms with Crippen molar-refractivity contribution in [2.24, 2.45) is 11.8 Å². The van der Waals surface area contributed by atoms with Gasteiger partial charge in [-0.2, -0.15) is 0 Å². The van der Waals surface area contributed by atoms with Gasteiger partial charge >= 0.3 is 0 Å². The maximum atomic E-state index is 11.0. The number of hydrogen-bond acceptors (Lipinski definition) is 13. The Kier molecular flexibility index (Phi) is 9.70. The molecule has 1 aliphatic heterocycles. The first-order valence-electron chi connectivity index (χ1n) is 13.1. The number of aromatic hydroxyl groups is 2. The van der Waals surface area contributed by atoms with Crippen molar-refractivity contribution in [3.63, 3.8) is 0 Å². The van der Waals surface area contributed by atoms with Gasteiger partial charge in [0.25, 0.3) is 0 Å². The van der Waals surface area contributed by atoms with Crippen LogP contribution in [-0.4, -0.2) is 115 Å². The van der Waals surface area contributed by atoms with Gasteiger partial charge in [-0.25, -0.2) is 0 Å². The largest absolute Gasteiger partial charge is 0.502 e. The highest BCUT2D eigenvalue weighted by molar-refractivity contribution is 5.64. The molecule has 2 aromatic carbocycles. The zero-order chi connectivity index (χ0) is 30.0. The minimum Gasteiger partial charge on any atom is -0.502 e. The van der Waals surface area contributed by atoms with Crippen LogP contribution in [0.5, 0.6) is 34.5 Å². The fourth-order valence-corrected chi connectivity index (χ4v) is 5.83. The lowest BCUT2D eigenvalue weighted by molar-refractivity contribution is -0.304. The maximum absolute atomic E-state index is 11.0. The second-order valence-corrected chi connectivity index (χ2v) is 10.1. The number of benzene rings is 2. The molecule has 1 heterocycles. The summed E-state index contributed by atoms with van der Waals surface area (Å²) in [6.07, 6.45) is -7.02. The summed E-state index contributed by atoms with van der Waals surface area (Å²) in [4.78, 5) is 0. The molecule has 4 rings (SSSR count). The second kappa shape index (κ2) is 12.9. The molecule has 1 aliphatic carbocycles. The van der Waals surface area contributed by atoms with Gasteiger partial charge in [-0.15, -0.1) is 0 Å². The van der Waals surface area contributed by atoms with Crippen molar-refractivity contribution in [3.8, 4) is 34.5 Å². The summed E-state index contributed by atoms with van der Waals surface area (Å²) in [5.74, 6) is -1.51. The molecule has 0 bridgehead atoms. The van der Waals surface area contributed by atoms with Crippen LogP contribution in [0.2, 0.25) is 0 Å². The minimum atomic E-state index is -1.63. The molecule has 0 aromatic heterocycles. The number of aliphatic hydroxyl groups is 5. The second-order valence-electron chi connectivity index (χ2n) is 10.1. The van der Waals surface area contributed by atoms with Gasteiger partial charge in [0.1, 0.15) is 24.4 Å². The molecule has 2 aromatic rings. The molecular weight excluding hydrogens is 544 g/mol. The third-order valence-corrected chi connectivity index (χ3v) is 7.99. The summed E-state index contributed by atoms with van der Waals surface area (Å²) in [7, 11) is 5.60. The van der Waals surface area contributed by atoms with Crippen molar-refractivity contribution < 1.29 is 64.2 Å². The molecule has 1 saturated heterocycles. The van der Waals surface area contributed by atoms with Crippen LogP contribution in [0, 0.1) is 11.8 Å². The van der Waals surface area contributed by atoms with Crippen molar-refractivity contribution in [2.75, 3.05) is 48.3 Å². The first-order chi connectivity index (χ1) is 19.6. The number of aliphatic hydroxyl groups excluding tert-OH is 5. The predicted molar refractivity (Wildman–Crippen MR) is 142 cm³/mol. The monoisotopic (exact) mass is 582 g/mol. The molecule has 13 nitrogen and oxygen atoms in total. The fraction of sp³-hybridized carbons (Fsp3) is 0.571. The van der Waals surface area contributed by atoms with E-state index in [0.29, 0.717) is 17.5 Å². The summed E-state index contributed by atoms with van der Waals surface area (Å²) in [5.41, 5.74) is 1.88. The SMILES string of the molecule is COc1cc(C2c3c(cc(OC)c(O)c3OC)C[C@@H](CO)[C@@H]2CO[C@@H]2O[C@H](CO)[C@@H](O)[C@H](O)[C@H]2O)cc(OC)c1O. The van der Waals surface area contributed by atoms with E-state index in [1.165, 1.54) is 28.4 Å². The summed E-state index contributed by atoms with van der Waals surface area (Å²) in [5, 5.41) is 72.6. The highest BCUT2D eigenvalue weighted by atomic mass is 16.7. The predicted octanol–water partition coefficient (Wildman–Crippen LogP) is -0.139. The molecule has 0 spiro atoms.